The number of primary amides is 1. The summed E-state index contributed by atoms with van der Waals surface area (Å²) >= 11 is 0. The minimum absolute atomic E-state index is 0.185. The van der Waals surface area contributed by atoms with E-state index in [0.29, 0.717) is 11.4 Å². The highest BCUT2D eigenvalue weighted by Gasteiger charge is 2.11. The molecular weight excluding hydrogens is 252 g/mol. The van der Waals surface area contributed by atoms with E-state index < -0.39 is 17.9 Å². The topological polar surface area (TPSA) is 126 Å². The molecule has 1 rings (SSSR count). The van der Waals surface area contributed by atoms with Crippen molar-refractivity contribution in [1.29, 1.82) is 0 Å². The summed E-state index contributed by atoms with van der Waals surface area (Å²) in [7, 11) is 1.42. The number of aromatic nitrogens is 1. The summed E-state index contributed by atoms with van der Waals surface area (Å²) in [6.45, 7) is -0.198. The lowest BCUT2D eigenvalue weighted by Gasteiger charge is -2.15. The van der Waals surface area contributed by atoms with Crippen molar-refractivity contribution < 1.29 is 19.5 Å². The predicted octanol–water partition coefficient (Wildman–Crippen LogP) is -0.342. The van der Waals surface area contributed by atoms with E-state index in [9.17, 15) is 14.4 Å². The van der Waals surface area contributed by atoms with Crippen LogP contribution < -0.4 is 11.1 Å². The van der Waals surface area contributed by atoms with E-state index in [0.717, 1.165) is 4.90 Å². The minimum Gasteiger partial charge on any atom is -0.481 e. The fraction of sp³-hybridized carbons (Fsp3) is 0.273. The van der Waals surface area contributed by atoms with Crippen LogP contribution in [0.2, 0.25) is 0 Å². The molecule has 19 heavy (non-hydrogen) atoms. The number of carbonyl (C=O) groups excluding carboxylic acids is 2. The van der Waals surface area contributed by atoms with Crippen LogP contribution in [0.15, 0.2) is 18.3 Å². The lowest BCUT2D eigenvalue weighted by molar-refractivity contribution is -0.136. The second-order valence-electron chi connectivity index (χ2n) is 3.86. The first-order valence-corrected chi connectivity index (χ1v) is 5.35. The standard InChI is InChI=1S/C11H14N4O4/c1-15(6-9(12)16)11(19)14-8-3-2-7(13-5-8)4-10(17)18/h2-3,5H,4,6H2,1H3,(H2,12,16)(H,14,19)(H,17,18). The van der Waals surface area contributed by atoms with Gasteiger partial charge in [-0.2, -0.15) is 0 Å². The largest absolute Gasteiger partial charge is 0.481 e. The molecular formula is C11H14N4O4. The van der Waals surface area contributed by atoms with Crippen molar-refractivity contribution in [3.63, 3.8) is 0 Å². The maximum absolute atomic E-state index is 11.6. The van der Waals surface area contributed by atoms with Gasteiger partial charge in [-0.25, -0.2) is 4.79 Å². The number of rotatable bonds is 5. The number of hydrogen-bond donors (Lipinski definition) is 3. The molecule has 0 aliphatic heterocycles. The number of anilines is 1. The Labute approximate surface area is 109 Å². The lowest BCUT2D eigenvalue weighted by atomic mass is 10.2. The number of aliphatic carboxylic acids is 1. The quantitative estimate of drug-likeness (QED) is 0.672. The molecule has 0 aliphatic carbocycles. The monoisotopic (exact) mass is 266 g/mol. The van der Waals surface area contributed by atoms with Gasteiger partial charge in [0.1, 0.15) is 6.54 Å². The molecule has 0 saturated heterocycles. The van der Waals surface area contributed by atoms with Crippen molar-refractivity contribution in [2.75, 3.05) is 18.9 Å². The third-order valence-corrected chi connectivity index (χ3v) is 2.15. The van der Waals surface area contributed by atoms with Gasteiger partial charge in [-0.15, -0.1) is 0 Å². The highest BCUT2D eigenvalue weighted by molar-refractivity contribution is 5.91. The highest BCUT2D eigenvalue weighted by atomic mass is 16.4. The maximum Gasteiger partial charge on any atom is 0.322 e. The predicted molar refractivity (Wildman–Crippen MR) is 66.4 cm³/mol. The number of pyridine rings is 1. The van der Waals surface area contributed by atoms with Crippen molar-refractivity contribution >= 4 is 23.6 Å². The van der Waals surface area contributed by atoms with Gasteiger partial charge in [0, 0.05) is 7.05 Å². The summed E-state index contributed by atoms with van der Waals surface area (Å²) in [5, 5.41) is 11.1. The number of amides is 3. The molecule has 1 aromatic rings. The van der Waals surface area contributed by atoms with E-state index in [1.807, 2.05) is 0 Å². The molecule has 0 saturated carbocycles. The van der Waals surface area contributed by atoms with Crippen molar-refractivity contribution in [3.8, 4) is 0 Å². The molecule has 0 aromatic carbocycles. The molecule has 8 heteroatoms. The van der Waals surface area contributed by atoms with Gasteiger partial charge in [-0.05, 0) is 12.1 Å². The zero-order valence-corrected chi connectivity index (χ0v) is 10.3. The Balaban J connectivity index is 2.60. The van der Waals surface area contributed by atoms with Gasteiger partial charge in [0.05, 0.1) is 24.0 Å². The van der Waals surface area contributed by atoms with Crippen LogP contribution in [0.3, 0.4) is 0 Å². The molecule has 1 heterocycles. The number of carboxylic acid groups (broad SMARTS) is 1. The van der Waals surface area contributed by atoms with E-state index in [-0.39, 0.29) is 13.0 Å². The van der Waals surface area contributed by atoms with Crippen LogP contribution >= 0.6 is 0 Å². The number of nitrogens with zero attached hydrogens (tertiary/aromatic N) is 2. The zero-order chi connectivity index (χ0) is 14.4. The minimum atomic E-state index is -0.981. The van der Waals surface area contributed by atoms with Crippen LogP contribution in [0.4, 0.5) is 10.5 Å². The van der Waals surface area contributed by atoms with Crippen LogP contribution in [-0.2, 0) is 16.0 Å². The van der Waals surface area contributed by atoms with Crippen LogP contribution in [0.5, 0.6) is 0 Å². The molecule has 0 radical (unpaired) electrons. The lowest BCUT2D eigenvalue weighted by Crippen LogP contribution is -2.38. The molecule has 4 N–H and O–H groups in total. The number of nitrogens with two attached hydrogens (primary N) is 1. The number of hydrogen-bond acceptors (Lipinski definition) is 4. The second kappa shape index (κ2) is 6.34. The van der Waals surface area contributed by atoms with E-state index in [1.165, 1.54) is 25.4 Å². The fourth-order valence-corrected chi connectivity index (χ4v) is 1.28. The summed E-state index contributed by atoms with van der Waals surface area (Å²) < 4.78 is 0. The SMILES string of the molecule is CN(CC(N)=O)C(=O)Nc1ccc(CC(=O)O)nc1. The second-order valence-corrected chi connectivity index (χ2v) is 3.86. The van der Waals surface area contributed by atoms with E-state index >= 15 is 0 Å². The van der Waals surface area contributed by atoms with Crippen LogP contribution in [-0.4, -0.2) is 46.5 Å². The van der Waals surface area contributed by atoms with Crippen molar-refractivity contribution in [2.24, 2.45) is 5.73 Å². The molecule has 8 nitrogen and oxygen atoms in total. The fourth-order valence-electron chi connectivity index (χ4n) is 1.28. The van der Waals surface area contributed by atoms with E-state index in [2.05, 4.69) is 10.3 Å². The van der Waals surface area contributed by atoms with Crippen LogP contribution in [0.1, 0.15) is 5.69 Å². The van der Waals surface area contributed by atoms with Gasteiger partial charge in [-0.1, -0.05) is 0 Å². The first kappa shape index (κ1) is 14.4. The van der Waals surface area contributed by atoms with Crippen molar-refractivity contribution in [3.05, 3.63) is 24.0 Å². The van der Waals surface area contributed by atoms with Crippen molar-refractivity contribution in [2.45, 2.75) is 6.42 Å². The van der Waals surface area contributed by atoms with E-state index in [4.69, 9.17) is 10.8 Å². The highest BCUT2D eigenvalue weighted by Crippen LogP contribution is 2.07. The third kappa shape index (κ3) is 5.02. The van der Waals surface area contributed by atoms with Gasteiger partial charge in [0.25, 0.3) is 0 Å². The zero-order valence-electron chi connectivity index (χ0n) is 10.3. The molecule has 102 valence electrons. The molecule has 0 spiro atoms. The Morgan fingerprint density at radius 3 is 2.58 bits per heavy atom. The average molecular weight is 266 g/mol. The van der Waals surface area contributed by atoms with Gasteiger partial charge >= 0.3 is 12.0 Å². The van der Waals surface area contributed by atoms with Crippen LogP contribution in [0, 0.1) is 0 Å². The Kier molecular flexibility index (Phi) is 4.81. The normalized spacial score (nSPS) is 9.74. The summed E-state index contributed by atoms with van der Waals surface area (Å²) in [5.74, 6) is -1.60. The Bertz CT molecular complexity index is 486. The maximum atomic E-state index is 11.6. The molecule has 1 aromatic heterocycles. The van der Waals surface area contributed by atoms with Gasteiger partial charge in [0.15, 0.2) is 0 Å². The smallest absolute Gasteiger partial charge is 0.322 e. The number of nitrogens with one attached hydrogen (secondary N) is 1. The molecule has 0 aliphatic rings. The Morgan fingerprint density at radius 2 is 2.11 bits per heavy atom. The van der Waals surface area contributed by atoms with Gasteiger partial charge < -0.3 is 21.1 Å². The Hall–Kier alpha value is -2.64. The number of urea groups is 1. The first-order valence-electron chi connectivity index (χ1n) is 5.35. The molecule has 0 bridgehead atoms. The summed E-state index contributed by atoms with van der Waals surface area (Å²) in [5.41, 5.74) is 5.75. The summed E-state index contributed by atoms with van der Waals surface area (Å²) in [6.07, 6.45) is 1.16. The number of carbonyl (C=O) groups is 3. The average Bonchev–Trinajstić information content (AvgIpc) is 2.30. The Morgan fingerprint density at radius 1 is 1.42 bits per heavy atom. The number of likely N-dealkylation sites (N-methyl/N-ethyl adjacent to an activating group) is 1. The van der Waals surface area contributed by atoms with Crippen molar-refractivity contribution in [1.82, 2.24) is 9.88 Å². The molecule has 0 atom stereocenters. The van der Waals surface area contributed by atoms with Crippen LogP contribution in [0.25, 0.3) is 0 Å². The summed E-state index contributed by atoms with van der Waals surface area (Å²) in [6, 6.07) is 2.52. The molecule has 0 fully saturated rings. The number of carboxylic acids is 1. The third-order valence-electron chi connectivity index (χ3n) is 2.15. The summed E-state index contributed by atoms with van der Waals surface area (Å²) in [4.78, 5) is 37.7. The first-order chi connectivity index (χ1) is 8.88. The van der Waals surface area contributed by atoms with E-state index in [1.54, 1.807) is 0 Å². The molecule has 3 amide bonds. The van der Waals surface area contributed by atoms with Gasteiger partial charge in [-0.3, -0.25) is 14.6 Å². The molecule has 0 unspecified atom stereocenters. The van der Waals surface area contributed by atoms with Gasteiger partial charge in [0.2, 0.25) is 5.91 Å².